The van der Waals surface area contributed by atoms with E-state index >= 15 is 0 Å². The SMILES string of the molecule is CC(C)CCOCCC(CCl)Cc1ccccc1. The molecule has 0 aliphatic rings. The summed E-state index contributed by atoms with van der Waals surface area (Å²) in [5, 5.41) is 0. The van der Waals surface area contributed by atoms with E-state index in [0.717, 1.165) is 38.4 Å². The smallest absolute Gasteiger partial charge is 0.0469 e. The van der Waals surface area contributed by atoms with Crippen LogP contribution >= 0.6 is 11.6 Å². The van der Waals surface area contributed by atoms with Gasteiger partial charge in [-0.05, 0) is 36.7 Å². The summed E-state index contributed by atoms with van der Waals surface area (Å²) in [5.41, 5.74) is 1.37. The quantitative estimate of drug-likeness (QED) is 0.472. The molecule has 2 heteroatoms. The minimum atomic E-state index is 0.521. The fourth-order valence-electron chi connectivity index (χ4n) is 1.85. The van der Waals surface area contributed by atoms with E-state index in [2.05, 4.69) is 38.1 Å². The fourth-order valence-corrected chi connectivity index (χ4v) is 2.12. The van der Waals surface area contributed by atoms with Crippen LogP contribution < -0.4 is 0 Å². The molecule has 0 fully saturated rings. The molecule has 0 spiro atoms. The van der Waals surface area contributed by atoms with Gasteiger partial charge in [0.15, 0.2) is 0 Å². The summed E-state index contributed by atoms with van der Waals surface area (Å²) in [7, 11) is 0. The summed E-state index contributed by atoms with van der Waals surface area (Å²) < 4.78 is 5.66. The van der Waals surface area contributed by atoms with Crippen LogP contribution in [0.3, 0.4) is 0 Å². The van der Waals surface area contributed by atoms with Crippen LogP contribution in [0.1, 0.15) is 32.3 Å². The van der Waals surface area contributed by atoms with Gasteiger partial charge in [0.1, 0.15) is 0 Å². The summed E-state index contributed by atoms with van der Waals surface area (Å²) >= 11 is 6.03. The predicted octanol–water partition coefficient (Wildman–Crippen LogP) is 4.54. The van der Waals surface area contributed by atoms with Gasteiger partial charge in [0.2, 0.25) is 0 Å². The van der Waals surface area contributed by atoms with Gasteiger partial charge in [-0.1, -0.05) is 44.2 Å². The number of halogens is 1. The third-order valence-electron chi connectivity index (χ3n) is 3.10. The number of alkyl halides is 1. The first-order valence-electron chi connectivity index (χ1n) is 6.90. The minimum Gasteiger partial charge on any atom is -0.381 e. The summed E-state index contributed by atoms with van der Waals surface area (Å²) in [5.74, 6) is 1.95. The fraction of sp³-hybridized carbons (Fsp3) is 0.625. The van der Waals surface area contributed by atoms with Crippen LogP contribution in [0.25, 0.3) is 0 Å². The molecule has 0 amide bonds. The number of benzene rings is 1. The highest BCUT2D eigenvalue weighted by atomic mass is 35.5. The van der Waals surface area contributed by atoms with Crippen molar-refractivity contribution in [1.82, 2.24) is 0 Å². The standard InChI is InChI=1S/C16H25ClO/c1-14(2)8-10-18-11-9-16(13-17)12-15-6-4-3-5-7-15/h3-7,14,16H,8-13H2,1-2H3. The molecule has 102 valence electrons. The Kier molecular flexibility index (Phi) is 8.11. The molecule has 1 aromatic rings. The van der Waals surface area contributed by atoms with E-state index in [9.17, 15) is 0 Å². The average molecular weight is 269 g/mol. The van der Waals surface area contributed by atoms with Crippen molar-refractivity contribution in [3.05, 3.63) is 35.9 Å². The zero-order valence-corrected chi connectivity index (χ0v) is 12.3. The van der Waals surface area contributed by atoms with Crippen LogP contribution in [-0.2, 0) is 11.2 Å². The second-order valence-electron chi connectivity index (χ2n) is 5.29. The molecule has 1 rings (SSSR count). The Balaban J connectivity index is 2.18. The molecule has 18 heavy (non-hydrogen) atoms. The van der Waals surface area contributed by atoms with Crippen molar-refractivity contribution in [1.29, 1.82) is 0 Å². The molecular weight excluding hydrogens is 244 g/mol. The van der Waals surface area contributed by atoms with Crippen LogP contribution in [0.2, 0.25) is 0 Å². The Morgan fingerprint density at radius 1 is 1.06 bits per heavy atom. The zero-order valence-electron chi connectivity index (χ0n) is 11.6. The zero-order chi connectivity index (χ0) is 13.2. The number of hydrogen-bond acceptors (Lipinski definition) is 1. The van der Waals surface area contributed by atoms with Gasteiger partial charge < -0.3 is 4.74 Å². The topological polar surface area (TPSA) is 9.23 Å². The van der Waals surface area contributed by atoms with E-state index in [1.54, 1.807) is 0 Å². The molecule has 0 radical (unpaired) electrons. The monoisotopic (exact) mass is 268 g/mol. The Morgan fingerprint density at radius 2 is 1.72 bits per heavy atom. The van der Waals surface area contributed by atoms with E-state index in [0.29, 0.717) is 11.8 Å². The molecule has 0 aromatic heterocycles. The van der Waals surface area contributed by atoms with Gasteiger partial charge in [0, 0.05) is 19.1 Å². The van der Waals surface area contributed by atoms with Crippen LogP contribution in [0.15, 0.2) is 30.3 Å². The van der Waals surface area contributed by atoms with E-state index in [-0.39, 0.29) is 0 Å². The van der Waals surface area contributed by atoms with Crippen molar-refractivity contribution < 1.29 is 4.74 Å². The Hall–Kier alpha value is -0.530. The normalized spacial score (nSPS) is 12.9. The van der Waals surface area contributed by atoms with Gasteiger partial charge in [0.25, 0.3) is 0 Å². The second kappa shape index (κ2) is 9.41. The maximum absolute atomic E-state index is 6.03. The number of ether oxygens (including phenoxy) is 1. The van der Waals surface area contributed by atoms with Crippen LogP contribution in [0.4, 0.5) is 0 Å². The van der Waals surface area contributed by atoms with Crippen LogP contribution in [0.5, 0.6) is 0 Å². The Morgan fingerprint density at radius 3 is 2.33 bits per heavy atom. The van der Waals surface area contributed by atoms with Crippen LogP contribution in [0, 0.1) is 11.8 Å². The Bertz CT molecular complexity index is 297. The molecule has 1 aromatic carbocycles. The van der Waals surface area contributed by atoms with E-state index in [1.165, 1.54) is 5.56 Å². The lowest BCUT2D eigenvalue weighted by molar-refractivity contribution is 0.112. The highest BCUT2D eigenvalue weighted by Gasteiger charge is 2.08. The molecule has 1 unspecified atom stereocenters. The van der Waals surface area contributed by atoms with Gasteiger partial charge in [-0.2, -0.15) is 0 Å². The highest BCUT2D eigenvalue weighted by molar-refractivity contribution is 6.18. The van der Waals surface area contributed by atoms with Crippen molar-refractivity contribution >= 4 is 11.6 Å². The van der Waals surface area contributed by atoms with Crippen molar-refractivity contribution in [2.45, 2.75) is 33.1 Å². The van der Waals surface area contributed by atoms with Gasteiger partial charge in [-0.3, -0.25) is 0 Å². The molecule has 0 saturated carbocycles. The van der Waals surface area contributed by atoms with Crippen molar-refractivity contribution in [2.75, 3.05) is 19.1 Å². The van der Waals surface area contributed by atoms with Crippen molar-refractivity contribution in [3.8, 4) is 0 Å². The minimum absolute atomic E-state index is 0.521. The average Bonchev–Trinajstić information content (AvgIpc) is 2.38. The summed E-state index contributed by atoms with van der Waals surface area (Å²) in [4.78, 5) is 0. The van der Waals surface area contributed by atoms with Gasteiger partial charge in [-0.25, -0.2) is 0 Å². The van der Waals surface area contributed by atoms with E-state index < -0.39 is 0 Å². The Labute approximate surface area is 116 Å². The van der Waals surface area contributed by atoms with Crippen molar-refractivity contribution in [2.24, 2.45) is 11.8 Å². The van der Waals surface area contributed by atoms with E-state index in [4.69, 9.17) is 16.3 Å². The third-order valence-corrected chi connectivity index (χ3v) is 3.53. The molecule has 0 heterocycles. The lowest BCUT2D eigenvalue weighted by atomic mass is 9.98. The molecule has 0 aliphatic heterocycles. The summed E-state index contributed by atoms with van der Waals surface area (Å²) in [6.45, 7) is 6.15. The first-order valence-corrected chi connectivity index (χ1v) is 7.43. The molecule has 0 bridgehead atoms. The van der Waals surface area contributed by atoms with E-state index in [1.807, 2.05) is 6.07 Å². The largest absolute Gasteiger partial charge is 0.381 e. The first kappa shape index (κ1) is 15.5. The lowest BCUT2D eigenvalue weighted by Crippen LogP contribution is -2.11. The molecule has 1 atom stereocenters. The lowest BCUT2D eigenvalue weighted by Gasteiger charge is -2.14. The number of rotatable bonds is 9. The maximum atomic E-state index is 6.03. The molecule has 0 N–H and O–H groups in total. The molecular formula is C16H25ClO. The second-order valence-corrected chi connectivity index (χ2v) is 5.60. The van der Waals surface area contributed by atoms with Crippen LogP contribution in [-0.4, -0.2) is 19.1 Å². The number of hydrogen-bond donors (Lipinski definition) is 0. The highest BCUT2D eigenvalue weighted by Crippen LogP contribution is 2.14. The summed E-state index contributed by atoms with van der Waals surface area (Å²) in [6, 6.07) is 10.5. The van der Waals surface area contributed by atoms with Gasteiger partial charge in [-0.15, -0.1) is 11.6 Å². The van der Waals surface area contributed by atoms with Crippen molar-refractivity contribution in [3.63, 3.8) is 0 Å². The molecule has 0 saturated heterocycles. The predicted molar refractivity (Wildman–Crippen MR) is 79.2 cm³/mol. The molecule has 0 aliphatic carbocycles. The third kappa shape index (κ3) is 7.03. The summed E-state index contributed by atoms with van der Waals surface area (Å²) in [6.07, 6.45) is 3.25. The van der Waals surface area contributed by atoms with Gasteiger partial charge in [0.05, 0.1) is 0 Å². The first-order chi connectivity index (χ1) is 8.72. The van der Waals surface area contributed by atoms with Gasteiger partial charge >= 0.3 is 0 Å². The maximum Gasteiger partial charge on any atom is 0.0469 e. The molecule has 1 nitrogen and oxygen atoms in total.